The Kier molecular flexibility index (Phi) is 5.58. The fourth-order valence-corrected chi connectivity index (χ4v) is 4.10. The lowest BCUT2D eigenvalue weighted by Gasteiger charge is -2.33. The molecule has 0 spiro atoms. The largest absolute Gasteiger partial charge is 0.381 e. The molecule has 26 heavy (non-hydrogen) atoms. The van der Waals surface area contributed by atoms with Crippen LogP contribution in [-0.4, -0.2) is 52.6 Å². The summed E-state index contributed by atoms with van der Waals surface area (Å²) in [5.41, 5.74) is 5.19. The predicted octanol–water partition coefficient (Wildman–Crippen LogP) is 2.65. The average molecular weight is 352 g/mol. The fraction of sp³-hybridized carbons (Fsp3) is 0.524. The van der Waals surface area contributed by atoms with Crippen LogP contribution in [0.25, 0.3) is 0 Å². The highest BCUT2D eigenvalue weighted by Crippen LogP contribution is 2.23. The van der Waals surface area contributed by atoms with E-state index in [1.165, 1.54) is 22.5 Å². The van der Waals surface area contributed by atoms with Crippen molar-refractivity contribution < 1.29 is 4.74 Å². The molecule has 0 radical (unpaired) electrons. The van der Waals surface area contributed by atoms with Gasteiger partial charge >= 0.3 is 0 Å². The van der Waals surface area contributed by atoms with Crippen LogP contribution in [0.4, 0.5) is 0 Å². The van der Waals surface area contributed by atoms with Gasteiger partial charge < -0.3 is 4.74 Å². The highest BCUT2D eigenvalue weighted by Gasteiger charge is 2.24. The van der Waals surface area contributed by atoms with Crippen molar-refractivity contribution in [2.45, 2.75) is 45.0 Å². The summed E-state index contributed by atoms with van der Waals surface area (Å²) in [6.07, 6.45) is 5.47. The zero-order valence-electron chi connectivity index (χ0n) is 15.6. The zero-order chi connectivity index (χ0) is 17.8. The number of piperidine rings is 1. The Morgan fingerprint density at radius 1 is 1.00 bits per heavy atom. The molecule has 1 aromatic carbocycles. The average Bonchev–Trinajstić information content (AvgIpc) is 2.69. The molecular weight excluding hydrogens is 324 g/mol. The third-order valence-electron chi connectivity index (χ3n) is 5.67. The summed E-state index contributed by atoms with van der Waals surface area (Å²) in [6, 6.07) is 10.7. The molecular formula is C21H28N4O. The van der Waals surface area contributed by atoms with Crippen molar-refractivity contribution in [2.24, 2.45) is 0 Å². The number of nitrogens with zero attached hydrogens (tertiary/aromatic N) is 4. The number of hydrogen-bond acceptors (Lipinski definition) is 5. The Bertz CT molecular complexity index is 713. The van der Waals surface area contributed by atoms with Crippen molar-refractivity contribution in [3.05, 3.63) is 59.2 Å². The summed E-state index contributed by atoms with van der Waals surface area (Å²) >= 11 is 0. The molecule has 5 heteroatoms. The Morgan fingerprint density at radius 3 is 2.58 bits per heavy atom. The first-order valence-electron chi connectivity index (χ1n) is 9.65. The van der Waals surface area contributed by atoms with E-state index in [1.54, 1.807) is 6.33 Å². The van der Waals surface area contributed by atoms with Crippen LogP contribution in [0, 0.1) is 0 Å². The van der Waals surface area contributed by atoms with E-state index < -0.39 is 0 Å². The molecule has 2 aliphatic heterocycles. The van der Waals surface area contributed by atoms with Gasteiger partial charge in [0.25, 0.3) is 0 Å². The van der Waals surface area contributed by atoms with Gasteiger partial charge in [0.15, 0.2) is 0 Å². The number of methoxy groups -OCH3 is 1. The summed E-state index contributed by atoms with van der Waals surface area (Å²) in [5, 5.41) is 0. The Hall–Kier alpha value is -1.82. The van der Waals surface area contributed by atoms with Gasteiger partial charge in [0.05, 0.1) is 17.5 Å². The molecule has 0 bridgehead atoms. The number of aromatic nitrogens is 2. The molecule has 1 saturated heterocycles. The van der Waals surface area contributed by atoms with E-state index in [4.69, 9.17) is 4.74 Å². The van der Waals surface area contributed by atoms with E-state index in [-0.39, 0.29) is 0 Å². The van der Waals surface area contributed by atoms with Crippen LogP contribution >= 0.6 is 0 Å². The molecule has 0 N–H and O–H groups in total. The number of rotatable bonds is 5. The lowest BCUT2D eigenvalue weighted by Crippen LogP contribution is -2.37. The zero-order valence-corrected chi connectivity index (χ0v) is 15.6. The molecule has 0 amide bonds. The van der Waals surface area contributed by atoms with Crippen LogP contribution in [0.15, 0.2) is 36.7 Å². The molecule has 0 aliphatic carbocycles. The number of fused-ring (bicyclic) bond motifs is 1. The minimum Gasteiger partial charge on any atom is -0.381 e. The van der Waals surface area contributed by atoms with E-state index in [2.05, 4.69) is 50.1 Å². The van der Waals surface area contributed by atoms with E-state index in [1.807, 2.05) is 7.11 Å². The normalized spacial score (nSPS) is 19.4. The molecule has 138 valence electrons. The van der Waals surface area contributed by atoms with Crippen LogP contribution in [0.3, 0.4) is 0 Å². The monoisotopic (exact) mass is 352 g/mol. The summed E-state index contributed by atoms with van der Waals surface area (Å²) < 4.78 is 5.48. The van der Waals surface area contributed by atoms with Crippen molar-refractivity contribution >= 4 is 0 Å². The van der Waals surface area contributed by atoms with E-state index >= 15 is 0 Å². The van der Waals surface area contributed by atoms with Gasteiger partial charge in [-0.25, -0.2) is 9.97 Å². The fourth-order valence-electron chi connectivity index (χ4n) is 4.10. The van der Waals surface area contributed by atoms with Gasteiger partial charge in [0, 0.05) is 46.4 Å². The molecule has 0 saturated carbocycles. The van der Waals surface area contributed by atoms with E-state index in [0.717, 1.165) is 58.5 Å². The number of likely N-dealkylation sites (tertiary alicyclic amines) is 1. The molecule has 1 fully saturated rings. The number of benzene rings is 1. The van der Waals surface area contributed by atoms with Crippen molar-refractivity contribution in [1.29, 1.82) is 0 Å². The van der Waals surface area contributed by atoms with Gasteiger partial charge in [-0.05, 0) is 30.4 Å². The first-order chi connectivity index (χ1) is 12.8. The minimum absolute atomic E-state index is 0.428. The highest BCUT2D eigenvalue weighted by molar-refractivity contribution is 5.27. The predicted molar refractivity (Wildman–Crippen MR) is 102 cm³/mol. The second kappa shape index (κ2) is 8.25. The molecule has 3 heterocycles. The molecule has 5 nitrogen and oxygen atoms in total. The highest BCUT2D eigenvalue weighted by atomic mass is 16.5. The lowest BCUT2D eigenvalue weighted by molar-refractivity contribution is 0.0383. The molecule has 2 aliphatic rings. The third kappa shape index (κ3) is 4.11. The molecule has 4 rings (SSSR count). The Balaban J connectivity index is 1.40. The lowest BCUT2D eigenvalue weighted by atomic mass is 10.0. The second-order valence-corrected chi connectivity index (χ2v) is 7.40. The van der Waals surface area contributed by atoms with Crippen LogP contribution in [-0.2, 0) is 30.8 Å². The molecule has 1 aromatic heterocycles. The quantitative estimate of drug-likeness (QED) is 0.827. The van der Waals surface area contributed by atoms with Crippen LogP contribution < -0.4 is 0 Å². The van der Waals surface area contributed by atoms with E-state index in [0.29, 0.717) is 6.10 Å². The summed E-state index contributed by atoms with van der Waals surface area (Å²) in [4.78, 5) is 14.2. The van der Waals surface area contributed by atoms with Gasteiger partial charge in [0.2, 0.25) is 0 Å². The summed E-state index contributed by atoms with van der Waals surface area (Å²) in [7, 11) is 1.82. The first-order valence-corrected chi connectivity index (χ1v) is 9.65. The van der Waals surface area contributed by atoms with Crippen molar-refractivity contribution in [1.82, 2.24) is 19.8 Å². The summed E-state index contributed by atoms with van der Waals surface area (Å²) in [5.74, 6) is 0. The minimum atomic E-state index is 0.428. The van der Waals surface area contributed by atoms with Crippen molar-refractivity contribution in [3.63, 3.8) is 0 Å². The van der Waals surface area contributed by atoms with Gasteiger partial charge in [-0.1, -0.05) is 30.3 Å². The van der Waals surface area contributed by atoms with Crippen molar-refractivity contribution in [2.75, 3.05) is 26.7 Å². The maximum atomic E-state index is 5.48. The molecule has 2 aromatic rings. The van der Waals surface area contributed by atoms with Crippen molar-refractivity contribution in [3.8, 4) is 0 Å². The topological polar surface area (TPSA) is 41.5 Å². The second-order valence-electron chi connectivity index (χ2n) is 7.40. The standard InChI is InChI=1S/C21H28N4O/c1-26-18-7-10-24(11-8-18)14-20-19-9-12-25(15-21(19)23-16-22-20)13-17-5-3-2-4-6-17/h2-6,16,18H,7-15H2,1H3. The van der Waals surface area contributed by atoms with E-state index in [9.17, 15) is 0 Å². The van der Waals surface area contributed by atoms with Gasteiger partial charge in [-0.3, -0.25) is 9.80 Å². The maximum Gasteiger partial charge on any atom is 0.116 e. The van der Waals surface area contributed by atoms with Crippen LogP contribution in [0.1, 0.15) is 35.4 Å². The van der Waals surface area contributed by atoms with Gasteiger partial charge in [0.1, 0.15) is 6.33 Å². The van der Waals surface area contributed by atoms with Gasteiger partial charge in [-0.2, -0.15) is 0 Å². The smallest absolute Gasteiger partial charge is 0.116 e. The maximum absolute atomic E-state index is 5.48. The Morgan fingerprint density at radius 2 is 1.81 bits per heavy atom. The first kappa shape index (κ1) is 17.6. The number of hydrogen-bond donors (Lipinski definition) is 0. The molecule has 0 atom stereocenters. The van der Waals surface area contributed by atoms with Gasteiger partial charge in [-0.15, -0.1) is 0 Å². The third-order valence-corrected chi connectivity index (χ3v) is 5.67. The number of ether oxygens (including phenoxy) is 1. The SMILES string of the molecule is COC1CCN(Cc2ncnc3c2CCN(Cc2ccccc2)C3)CC1. The van der Waals surface area contributed by atoms with Crippen LogP contribution in [0.2, 0.25) is 0 Å². The molecule has 0 unspecified atom stereocenters. The van der Waals surface area contributed by atoms with Crippen LogP contribution in [0.5, 0.6) is 0 Å². The summed E-state index contributed by atoms with van der Waals surface area (Å²) in [6.45, 7) is 6.12. The Labute approximate surface area is 156 Å².